The maximum Gasteiger partial charge on any atom is 0.251 e. The molecule has 0 aromatic heterocycles. The second kappa shape index (κ2) is 6.50. The molecule has 2 nitrogen and oxygen atoms in total. The molecular formula is C15H12Br2FNO. The minimum absolute atomic E-state index is 0.135. The number of nitrogens with one attached hydrogen (secondary N) is 1. The van der Waals surface area contributed by atoms with E-state index in [1.165, 1.54) is 18.2 Å². The molecule has 1 atom stereocenters. The number of carbonyl (C=O) groups excluding carboxylic acids is 1. The van der Waals surface area contributed by atoms with Crippen LogP contribution < -0.4 is 5.32 Å². The van der Waals surface area contributed by atoms with Crippen LogP contribution >= 0.6 is 31.9 Å². The van der Waals surface area contributed by atoms with Crippen molar-refractivity contribution >= 4 is 37.8 Å². The summed E-state index contributed by atoms with van der Waals surface area (Å²) in [6.45, 7) is 1.90. The van der Waals surface area contributed by atoms with Gasteiger partial charge in [0, 0.05) is 10.0 Å². The fourth-order valence-corrected chi connectivity index (χ4v) is 2.57. The number of carbonyl (C=O) groups is 1. The third kappa shape index (κ3) is 3.67. The van der Waals surface area contributed by atoms with Crippen molar-refractivity contribution < 1.29 is 9.18 Å². The van der Waals surface area contributed by atoms with Gasteiger partial charge in [-0.25, -0.2) is 4.39 Å². The topological polar surface area (TPSA) is 29.1 Å². The van der Waals surface area contributed by atoms with Crippen LogP contribution in [-0.2, 0) is 0 Å². The van der Waals surface area contributed by atoms with Crippen LogP contribution in [0.3, 0.4) is 0 Å². The van der Waals surface area contributed by atoms with Crippen molar-refractivity contribution in [2.24, 2.45) is 0 Å². The molecule has 1 amide bonds. The Morgan fingerprint density at radius 3 is 2.60 bits per heavy atom. The lowest BCUT2D eigenvalue weighted by atomic mass is 10.1. The first kappa shape index (κ1) is 15.2. The molecule has 0 aliphatic rings. The molecule has 0 aliphatic carbocycles. The minimum Gasteiger partial charge on any atom is -0.346 e. The maximum atomic E-state index is 13.2. The Morgan fingerprint density at radius 2 is 1.95 bits per heavy atom. The highest BCUT2D eigenvalue weighted by atomic mass is 79.9. The van der Waals surface area contributed by atoms with E-state index in [1.54, 1.807) is 0 Å². The van der Waals surface area contributed by atoms with E-state index in [1.807, 2.05) is 31.2 Å². The first-order valence-corrected chi connectivity index (χ1v) is 7.57. The molecule has 0 spiro atoms. The third-order valence-electron chi connectivity index (χ3n) is 2.88. The SMILES string of the molecule is CC(NC(=O)c1ccc(F)c(Br)c1)c1cccc(Br)c1. The number of halogens is 3. The molecule has 104 valence electrons. The highest BCUT2D eigenvalue weighted by Gasteiger charge is 2.13. The fourth-order valence-electron chi connectivity index (χ4n) is 1.78. The second-order valence-corrected chi connectivity index (χ2v) is 6.15. The molecule has 0 fully saturated rings. The normalized spacial score (nSPS) is 12.0. The van der Waals surface area contributed by atoms with E-state index < -0.39 is 0 Å². The van der Waals surface area contributed by atoms with Crippen molar-refractivity contribution in [1.29, 1.82) is 0 Å². The molecule has 0 saturated heterocycles. The summed E-state index contributed by atoms with van der Waals surface area (Å²) in [5.74, 6) is -0.625. The molecule has 0 bridgehead atoms. The summed E-state index contributed by atoms with van der Waals surface area (Å²) in [6.07, 6.45) is 0. The predicted molar refractivity (Wildman–Crippen MR) is 84.1 cm³/mol. The minimum atomic E-state index is -0.387. The standard InChI is InChI=1S/C15H12Br2FNO/c1-9(10-3-2-4-12(16)7-10)19-15(20)11-5-6-14(18)13(17)8-11/h2-9H,1H3,(H,19,20). The molecule has 0 radical (unpaired) electrons. The van der Waals surface area contributed by atoms with E-state index in [-0.39, 0.29) is 22.2 Å². The predicted octanol–water partition coefficient (Wildman–Crippen LogP) is 4.84. The van der Waals surface area contributed by atoms with Gasteiger partial charge in [0.1, 0.15) is 5.82 Å². The van der Waals surface area contributed by atoms with E-state index in [2.05, 4.69) is 37.2 Å². The van der Waals surface area contributed by atoms with E-state index in [0.717, 1.165) is 10.0 Å². The number of hydrogen-bond donors (Lipinski definition) is 1. The summed E-state index contributed by atoms with van der Waals surface area (Å²) >= 11 is 6.47. The van der Waals surface area contributed by atoms with E-state index in [4.69, 9.17) is 0 Å². The summed E-state index contributed by atoms with van der Waals surface area (Å²) in [5, 5.41) is 2.88. The number of benzene rings is 2. The van der Waals surface area contributed by atoms with Gasteiger partial charge in [-0.1, -0.05) is 28.1 Å². The first-order valence-electron chi connectivity index (χ1n) is 5.99. The number of amides is 1. The summed E-state index contributed by atoms with van der Waals surface area (Å²) < 4.78 is 14.4. The van der Waals surface area contributed by atoms with E-state index >= 15 is 0 Å². The average Bonchev–Trinajstić information content (AvgIpc) is 2.41. The quantitative estimate of drug-likeness (QED) is 0.784. The Hall–Kier alpha value is -1.20. The molecule has 2 aromatic carbocycles. The van der Waals surface area contributed by atoms with Crippen LogP contribution in [0.4, 0.5) is 4.39 Å². The van der Waals surface area contributed by atoms with Crippen LogP contribution in [0.15, 0.2) is 51.4 Å². The zero-order valence-corrected chi connectivity index (χ0v) is 13.8. The lowest BCUT2D eigenvalue weighted by Gasteiger charge is -2.15. The van der Waals surface area contributed by atoms with E-state index in [0.29, 0.717) is 5.56 Å². The van der Waals surface area contributed by atoms with Gasteiger partial charge in [0.05, 0.1) is 10.5 Å². The van der Waals surface area contributed by atoms with Crippen LogP contribution in [0.5, 0.6) is 0 Å². The van der Waals surface area contributed by atoms with Crippen molar-refractivity contribution in [3.63, 3.8) is 0 Å². The van der Waals surface area contributed by atoms with Crippen molar-refractivity contribution in [1.82, 2.24) is 5.32 Å². The van der Waals surface area contributed by atoms with Crippen molar-refractivity contribution in [2.75, 3.05) is 0 Å². The fraction of sp³-hybridized carbons (Fsp3) is 0.133. The highest BCUT2D eigenvalue weighted by Crippen LogP contribution is 2.20. The maximum absolute atomic E-state index is 13.2. The van der Waals surface area contributed by atoms with Crippen molar-refractivity contribution in [3.8, 4) is 0 Å². The largest absolute Gasteiger partial charge is 0.346 e. The molecule has 2 rings (SSSR count). The molecule has 0 aliphatic heterocycles. The zero-order valence-electron chi connectivity index (χ0n) is 10.7. The van der Waals surface area contributed by atoms with Gasteiger partial charge in [-0.05, 0) is 58.7 Å². The third-order valence-corrected chi connectivity index (χ3v) is 3.98. The zero-order chi connectivity index (χ0) is 14.7. The van der Waals surface area contributed by atoms with Gasteiger partial charge >= 0.3 is 0 Å². The molecular weight excluding hydrogens is 389 g/mol. The monoisotopic (exact) mass is 399 g/mol. The molecule has 0 heterocycles. The Morgan fingerprint density at radius 1 is 1.20 bits per heavy atom. The number of rotatable bonds is 3. The Kier molecular flexibility index (Phi) is 4.94. The van der Waals surface area contributed by atoms with Gasteiger partial charge in [0.25, 0.3) is 5.91 Å². The van der Waals surface area contributed by atoms with Gasteiger partial charge in [-0.15, -0.1) is 0 Å². The molecule has 1 unspecified atom stereocenters. The summed E-state index contributed by atoms with van der Waals surface area (Å²) in [5.41, 5.74) is 1.41. The van der Waals surface area contributed by atoms with Crippen LogP contribution in [0, 0.1) is 5.82 Å². The second-order valence-electron chi connectivity index (χ2n) is 4.38. The van der Waals surface area contributed by atoms with Crippen LogP contribution in [0.1, 0.15) is 28.9 Å². The van der Waals surface area contributed by atoms with Gasteiger partial charge in [-0.3, -0.25) is 4.79 Å². The molecule has 2 aromatic rings. The van der Waals surface area contributed by atoms with Gasteiger partial charge in [-0.2, -0.15) is 0 Å². The molecule has 1 N–H and O–H groups in total. The van der Waals surface area contributed by atoms with Crippen molar-refractivity contribution in [3.05, 3.63) is 68.4 Å². The molecule has 5 heteroatoms. The lowest BCUT2D eigenvalue weighted by molar-refractivity contribution is 0.0940. The molecule has 20 heavy (non-hydrogen) atoms. The van der Waals surface area contributed by atoms with Crippen molar-refractivity contribution in [2.45, 2.75) is 13.0 Å². The molecule has 0 saturated carbocycles. The van der Waals surface area contributed by atoms with Crippen LogP contribution in [0.25, 0.3) is 0 Å². The van der Waals surface area contributed by atoms with Gasteiger partial charge in [0.15, 0.2) is 0 Å². The highest BCUT2D eigenvalue weighted by molar-refractivity contribution is 9.10. The Labute approximate surface area is 133 Å². The number of hydrogen-bond acceptors (Lipinski definition) is 1. The first-order chi connectivity index (χ1) is 9.47. The van der Waals surface area contributed by atoms with Crippen LogP contribution in [-0.4, -0.2) is 5.91 Å². The summed E-state index contributed by atoms with van der Waals surface area (Å²) in [7, 11) is 0. The Bertz CT molecular complexity index is 646. The lowest BCUT2D eigenvalue weighted by Crippen LogP contribution is -2.26. The summed E-state index contributed by atoms with van der Waals surface area (Å²) in [4.78, 5) is 12.1. The van der Waals surface area contributed by atoms with Crippen LogP contribution in [0.2, 0.25) is 0 Å². The van der Waals surface area contributed by atoms with Gasteiger partial charge < -0.3 is 5.32 Å². The van der Waals surface area contributed by atoms with Gasteiger partial charge in [0.2, 0.25) is 0 Å². The smallest absolute Gasteiger partial charge is 0.251 e. The average molecular weight is 401 g/mol. The van der Waals surface area contributed by atoms with E-state index in [9.17, 15) is 9.18 Å². The Balaban J connectivity index is 2.13. The summed E-state index contributed by atoms with van der Waals surface area (Å²) in [6, 6.07) is 11.8.